The number of ether oxygens (including phenoxy) is 1. The first-order valence-electron chi connectivity index (χ1n) is 11.1. The molecule has 0 aliphatic carbocycles. The minimum Gasteiger partial charge on any atom is -0.379 e. The highest BCUT2D eigenvalue weighted by atomic mass is 32.2. The Hall–Kier alpha value is -2.21. The monoisotopic (exact) mass is 491 g/mol. The summed E-state index contributed by atoms with van der Waals surface area (Å²) in [7, 11) is -3.63. The smallest absolute Gasteiger partial charge is 0.280 e. The summed E-state index contributed by atoms with van der Waals surface area (Å²) in [5.41, 5.74) is 1.66. The highest BCUT2D eigenvalue weighted by Crippen LogP contribution is 2.47. The number of carbonyl (C=O) groups excluding carboxylic acids is 1. The summed E-state index contributed by atoms with van der Waals surface area (Å²) in [4.78, 5) is 21.4. The summed E-state index contributed by atoms with van der Waals surface area (Å²) in [6.07, 6.45) is 3.24. The zero-order chi connectivity index (χ0) is 23.6. The number of sulfonamides is 1. The van der Waals surface area contributed by atoms with E-state index < -0.39 is 10.0 Å². The molecule has 1 atom stereocenters. The van der Waals surface area contributed by atoms with Crippen molar-refractivity contribution in [2.45, 2.75) is 49.3 Å². The average Bonchev–Trinajstić information content (AvgIpc) is 3.18. The summed E-state index contributed by atoms with van der Waals surface area (Å²) >= 11 is 1.25. The Kier molecular flexibility index (Phi) is 6.94. The number of nitrogens with zero attached hydrogens (tertiary/aromatic N) is 3. The molecule has 2 saturated heterocycles. The van der Waals surface area contributed by atoms with E-state index in [-0.39, 0.29) is 20.9 Å². The topological polar surface area (TPSA) is 114 Å². The van der Waals surface area contributed by atoms with Gasteiger partial charge in [0.15, 0.2) is 0 Å². The standard InChI is InChI=1S/C22H29N5O4S2/c1-4-22(5-2)19(32-21(28)26-22)17-8-9-23-20(25-17)24-16-7-6-15(3)18(14-16)33(29,30)27-10-12-31-13-11-27/h6-9,14,19H,4-5,10-13H2,1-3H3,(H,26,28)(H,23,24,25). The third kappa shape index (κ3) is 4.72. The number of amides is 1. The molecule has 178 valence electrons. The Labute approximate surface area is 198 Å². The first-order chi connectivity index (χ1) is 15.8. The van der Waals surface area contributed by atoms with E-state index in [1.807, 2.05) is 12.1 Å². The van der Waals surface area contributed by atoms with Crippen LogP contribution in [0.25, 0.3) is 0 Å². The van der Waals surface area contributed by atoms with Crippen LogP contribution in [0.3, 0.4) is 0 Å². The molecule has 1 aromatic heterocycles. The van der Waals surface area contributed by atoms with Gasteiger partial charge in [-0.3, -0.25) is 4.79 Å². The van der Waals surface area contributed by atoms with Gasteiger partial charge in [-0.25, -0.2) is 18.4 Å². The van der Waals surface area contributed by atoms with Gasteiger partial charge in [-0.2, -0.15) is 4.31 Å². The summed E-state index contributed by atoms with van der Waals surface area (Å²) in [5, 5.41) is 6.08. The van der Waals surface area contributed by atoms with Gasteiger partial charge in [-0.1, -0.05) is 31.7 Å². The summed E-state index contributed by atoms with van der Waals surface area (Å²) in [5.74, 6) is 0.354. The van der Waals surface area contributed by atoms with Gasteiger partial charge in [0, 0.05) is 25.0 Å². The van der Waals surface area contributed by atoms with Crippen molar-refractivity contribution < 1.29 is 17.9 Å². The molecule has 11 heteroatoms. The molecule has 0 saturated carbocycles. The van der Waals surface area contributed by atoms with E-state index in [4.69, 9.17) is 4.74 Å². The second kappa shape index (κ2) is 9.57. The van der Waals surface area contributed by atoms with Gasteiger partial charge in [0.05, 0.1) is 34.6 Å². The van der Waals surface area contributed by atoms with Crippen molar-refractivity contribution in [1.29, 1.82) is 0 Å². The van der Waals surface area contributed by atoms with Crippen LogP contribution < -0.4 is 10.6 Å². The molecule has 33 heavy (non-hydrogen) atoms. The molecule has 0 radical (unpaired) electrons. The molecule has 1 aromatic carbocycles. The van der Waals surface area contributed by atoms with Crippen molar-refractivity contribution in [1.82, 2.24) is 19.6 Å². The molecule has 9 nitrogen and oxygen atoms in total. The maximum Gasteiger partial charge on any atom is 0.280 e. The highest BCUT2D eigenvalue weighted by Gasteiger charge is 2.46. The van der Waals surface area contributed by atoms with Crippen molar-refractivity contribution in [2.24, 2.45) is 0 Å². The number of morpholine rings is 1. The molecule has 2 fully saturated rings. The minimum atomic E-state index is -3.63. The number of aryl methyl sites for hydroxylation is 1. The van der Waals surface area contributed by atoms with Crippen LogP contribution in [0.1, 0.15) is 43.2 Å². The Morgan fingerprint density at radius 3 is 2.67 bits per heavy atom. The first kappa shape index (κ1) is 23.9. The van der Waals surface area contributed by atoms with Crippen molar-refractivity contribution in [3.63, 3.8) is 0 Å². The van der Waals surface area contributed by atoms with Crippen LogP contribution in [0.2, 0.25) is 0 Å². The Bertz CT molecular complexity index is 1130. The van der Waals surface area contributed by atoms with Gasteiger partial charge in [-0.15, -0.1) is 0 Å². The van der Waals surface area contributed by atoms with Crippen LogP contribution in [0.4, 0.5) is 16.4 Å². The molecule has 2 aliphatic heterocycles. The maximum atomic E-state index is 13.2. The summed E-state index contributed by atoms with van der Waals surface area (Å²) < 4.78 is 33.1. The third-order valence-corrected chi connectivity index (χ3v) is 9.60. The van der Waals surface area contributed by atoms with E-state index in [1.165, 1.54) is 16.1 Å². The Morgan fingerprint density at radius 1 is 1.24 bits per heavy atom. The fraction of sp³-hybridized carbons (Fsp3) is 0.500. The lowest BCUT2D eigenvalue weighted by Crippen LogP contribution is -2.43. The van der Waals surface area contributed by atoms with E-state index in [2.05, 4.69) is 34.4 Å². The maximum absolute atomic E-state index is 13.2. The molecule has 4 rings (SSSR count). The number of thioether (sulfide) groups is 1. The van der Waals surface area contributed by atoms with Gasteiger partial charge in [0.2, 0.25) is 16.0 Å². The number of hydrogen-bond donors (Lipinski definition) is 2. The van der Waals surface area contributed by atoms with E-state index in [0.29, 0.717) is 43.5 Å². The normalized spacial score (nSPS) is 21.1. The van der Waals surface area contributed by atoms with Gasteiger partial charge in [0.25, 0.3) is 5.24 Å². The molecule has 2 aliphatic rings. The molecule has 2 N–H and O–H groups in total. The first-order valence-corrected chi connectivity index (χ1v) is 13.4. The number of carbonyl (C=O) groups is 1. The van der Waals surface area contributed by atoms with E-state index in [9.17, 15) is 13.2 Å². The zero-order valence-corrected chi connectivity index (χ0v) is 20.6. The van der Waals surface area contributed by atoms with Crippen LogP contribution in [0, 0.1) is 6.92 Å². The quantitative estimate of drug-likeness (QED) is 0.604. The number of nitrogens with one attached hydrogen (secondary N) is 2. The number of rotatable bonds is 7. The van der Waals surface area contributed by atoms with Crippen molar-refractivity contribution in [2.75, 3.05) is 31.6 Å². The van der Waals surface area contributed by atoms with Gasteiger partial charge < -0.3 is 15.4 Å². The molecule has 1 amide bonds. The molecule has 0 spiro atoms. The fourth-order valence-electron chi connectivity index (χ4n) is 4.25. The Morgan fingerprint density at radius 2 is 1.97 bits per heavy atom. The van der Waals surface area contributed by atoms with E-state index in [1.54, 1.807) is 25.3 Å². The van der Waals surface area contributed by atoms with Crippen molar-refractivity contribution >= 4 is 38.7 Å². The SMILES string of the molecule is CCC1(CC)NC(=O)SC1c1ccnc(Nc2ccc(C)c(S(=O)(=O)N3CCOCC3)c2)n1. The lowest BCUT2D eigenvalue weighted by molar-refractivity contribution is 0.0730. The molecular formula is C22H29N5O4S2. The van der Waals surface area contributed by atoms with Crippen LogP contribution in [0.15, 0.2) is 35.4 Å². The summed E-state index contributed by atoms with van der Waals surface area (Å²) in [6.45, 7) is 7.37. The predicted octanol–water partition coefficient (Wildman–Crippen LogP) is 3.61. The van der Waals surface area contributed by atoms with Crippen LogP contribution in [-0.4, -0.2) is 59.8 Å². The van der Waals surface area contributed by atoms with Crippen LogP contribution >= 0.6 is 11.8 Å². The van der Waals surface area contributed by atoms with Crippen LogP contribution in [-0.2, 0) is 14.8 Å². The van der Waals surface area contributed by atoms with E-state index in [0.717, 1.165) is 18.5 Å². The Balaban J connectivity index is 1.61. The zero-order valence-electron chi connectivity index (χ0n) is 19.0. The lowest BCUT2D eigenvalue weighted by Gasteiger charge is -2.31. The molecule has 3 heterocycles. The molecular weight excluding hydrogens is 462 g/mol. The molecule has 2 aromatic rings. The van der Waals surface area contributed by atoms with Crippen LogP contribution in [0.5, 0.6) is 0 Å². The lowest BCUT2D eigenvalue weighted by atomic mass is 9.87. The van der Waals surface area contributed by atoms with Gasteiger partial charge in [0.1, 0.15) is 0 Å². The van der Waals surface area contributed by atoms with Gasteiger partial charge in [-0.05, 0) is 43.5 Å². The minimum absolute atomic E-state index is 0.0479. The predicted molar refractivity (Wildman–Crippen MR) is 128 cm³/mol. The largest absolute Gasteiger partial charge is 0.379 e. The molecule has 1 unspecified atom stereocenters. The van der Waals surface area contributed by atoms with E-state index >= 15 is 0 Å². The average molecular weight is 492 g/mol. The molecule has 0 bridgehead atoms. The third-order valence-electron chi connectivity index (χ3n) is 6.32. The fourth-order valence-corrected chi connectivity index (χ4v) is 7.25. The van der Waals surface area contributed by atoms with Crippen molar-refractivity contribution in [3.8, 4) is 0 Å². The number of anilines is 2. The number of aromatic nitrogens is 2. The second-order valence-corrected chi connectivity index (χ2v) is 11.2. The number of hydrogen-bond acceptors (Lipinski definition) is 8. The second-order valence-electron chi connectivity index (χ2n) is 8.20. The highest BCUT2D eigenvalue weighted by molar-refractivity contribution is 8.14. The van der Waals surface area contributed by atoms with Gasteiger partial charge >= 0.3 is 0 Å². The summed E-state index contributed by atoms with van der Waals surface area (Å²) in [6, 6.07) is 7.02. The number of benzene rings is 1. The van der Waals surface area contributed by atoms with Crippen molar-refractivity contribution in [3.05, 3.63) is 41.7 Å².